The van der Waals surface area contributed by atoms with Crippen LogP contribution in [0.2, 0.25) is 0 Å². The third-order valence-corrected chi connectivity index (χ3v) is 3.46. The van der Waals surface area contributed by atoms with E-state index in [-0.39, 0.29) is 36.6 Å². The minimum Gasteiger partial charge on any atom is -0.376 e. The Bertz CT molecular complexity index is 272. The number of nitrogens with one attached hydrogen (secondary N) is 1. The van der Waals surface area contributed by atoms with Crippen LogP contribution in [0.15, 0.2) is 0 Å². The van der Waals surface area contributed by atoms with E-state index < -0.39 is 0 Å². The van der Waals surface area contributed by atoms with Gasteiger partial charge in [-0.15, -0.1) is 12.4 Å². The molecule has 0 saturated carbocycles. The molecule has 6 heteroatoms. The van der Waals surface area contributed by atoms with Crippen molar-refractivity contribution in [1.82, 2.24) is 10.2 Å². The second-order valence-electron chi connectivity index (χ2n) is 4.86. The number of carbonyl (C=O) groups excluding carboxylic acids is 1. The number of ether oxygens (including phenoxy) is 2. The quantitative estimate of drug-likeness (QED) is 0.813. The molecule has 106 valence electrons. The molecule has 1 unspecified atom stereocenters. The second kappa shape index (κ2) is 7.28. The van der Waals surface area contributed by atoms with Gasteiger partial charge in [-0.05, 0) is 19.8 Å². The third kappa shape index (κ3) is 3.82. The van der Waals surface area contributed by atoms with Crippen LogP contribution in [-0.2, 0) is 14.3 Å². The van der Waals surface area contributed by atoms with Crippen LogP contribution < -0.4 is 5.32 Å². The average molecular weight is 279 g/mol. The molecule has 2 heterocycles. The van der Waals surface area contributed by atoms with Crippen LogP contribution in [0.3, 0.4) is 0 Å². The van der Waals surface area contributed by atoms with Gasteiger partial charge < -0.3 is 19.7 Å². The molecule has 1 N–H and O–H groups in total. The summed E-state index contributed by atoms with van der Waals surface area (Å²) in [7, 11) is 1.84. The Kier molecular flexibility index (Phi) is 6.35. The van der Waals surface area contributed by atoms with Crippen molar-refractivity contribution in [1.29, 1.82) is 0 Å². The number of rotatable bonds is 3. The van der Waals surface area contributed by atoms with Gasteiger partial charge in [-0.2, -0.15) is 0 Å². The third-order valence-electron chi connectivity index (χ3n) is 3.46. The summed E-state index contributed by atoms with van der Waals surface area (Å²) in [5, 5.41) is 3.22. The lowest BCUT2D eigenvalue weighted by atomic mass is 10.1. The lowest BCUT2D eigenvalue weighted by Crippen LogP contribution is -2.56. The summed E-state index contributed by atoms with van der Waals surface area (Å²) in [6.07, 6.45) is 2.32. The van der Waals surface area contributed by atoms with Gasteiger partial charge in [-0.1, -0.05) is 0 Å². The van der Waals surface area contributed by atoms with Gasteiger partial charge in [0.25, 0.3) is 0 Å². The van der Waals surface area contributed by atoms with Crippen LogP contribution in [0.4, 0.5) is 0 Å². The fraction of sp³-hybridized carbons (Fsp3) is 0.917. The van der Waals surface area contributed by atoms with Crippen molar-refractivity contribution in [3.63, 3.8) is 0 Å². The van der Waals surface area contributed by atoms with Gasteiger partial charge in [-0.25, -0.2) is 0 Å². The first-order valence-corrected chi connectivity index (χ1v) is 6.40. The molecular formula is C12H23ClN2O3. The minimum absolute atomic E-state index is 0. The SMILES string of the molecule is C[C@H]1OCCN[C@@H]1C(=O)N(C)CC1CCCO1.Cl. The van der Waals surface area contributed by atoms with E-state index in [2.05, 4.69) is 5.32 Å². The lowest BCUT2D eigenvalue weighted by molar-refractivity contribution is -0.139. The van der Waals surface area contributed by atoms with Crippen molar-refractivity contribution in [2.45, 2.75) is 38.0 Å². The Morgan fingerprint density at radius 2 is 2.17 bits per heavy atom. The Hall–Kier alpha value is -0.360. The zero-order valence-corrected chi connectivity index (χ0v) is 11.9. The van der Waals surface area contributed by atoms with Gasteiger partial charge in [0, 0.05) is 26.7 Å². The van der Waals surface area contributed by atoms with E-state index in [1.54, 1.807) is 4.90 Å². The molecule has 0 aromatic carbocycles. The van der Waals surface area contributed by atoms with Crippen LogP contribution in [0.5, 0.6) is 0 Å². The predicted octanol–water partition coefficient (Wildman–Crippen LogP) is 0.422. The fourth-order valence-electron chi connectivity index (χ4n) is 2.43. The number of hydrogen-bond donors (Lipinski definition) is 1. The molecule has 0 radical (unpaired) electrons. The van der Waals surface area contributed by atoms with E-state index >= 15 is 0 Å². The number of amides is 1. The van der Waals surface area contributed by atoms with Crippen molar-refractivity contribution < 1.29 is 14.3 Å². The number of hydrogen-bond acceptors (Lipinski definition) is 4. The average Bonchev–Trinajstić information content (AvgIpc) is 2.81. The number of carbonyl (C=O) groups is 1. The molecule has 2 fully saturated rings. The molecule has 0 aromatic rings. The summed E-state index contributed by atoms with van der Waals surface area (Å²) in [6.45, 7) is 4.88. The summed E-state index contributed by atoms with van der Waals surface area (Å²) < 4.78 is 11.0. The first-order chi connectivity index (χ1) is 8.18. The molecule has 0 aromatic heterocycles. The molecule has 0 spiro atoms. The Labute approximate surface area is 115 Å². The normalized spacial score (nSPS) is 31.8. The van der Waals surface area contributed by atoms with Gasteiger partial charge in [0.1, 0.15) is 6.04 Å². The summed E-state index contributed by atoms with van der Waals surface area (Å²) in [5.41, 5.74) is 0. The zero-order valence-electron chi connectivity index (χ0n) is 11.1. The Morgan fingerprint density at radius 3 is 2.78 bits per heavy atom. The molecule has 0 bridgehead atoms. The maximum absolute atomic E-state index is 12.2. The van der Waals surface area contributed by atoms with E-state index in [0.717, 1.165) is 26.0 Å². The molecule has 1 amide bonds. The molecule has 2 aliphatic heterocycles. The van der Waals surface area contributed by atoms with Crippen molar-refractivity contribution in [2.75, 3.05) is 33.4 Å². The van der Waals surface area contributed by atoms with Crippen LogP contribution in [0.25, 0.3) is 0 Å². The number of halogens is 1. The summed E-state index contributed by atoms with van der Waals surface area (Å²) in [5.74, 6) is 0.104. The van der Waals surface area contributed by atoms with Gasteiger partial charge >= 0.3 is 0 Å². The highest BCUT2D eigenvalue weighted by atomic mass is 35.5. The molecule has 2 rings (SSSR count). The number of morpholine rings is 1. The van der Waals surface area contributed by atoms with E-state index in [1.165, 1.54) is 0 Å². The van der Waals surface area contributed by atoms with Crippen molar-refractivity contribution in [3.8, 4) is 0 Å². The van der Waals surface area contributed by atoms with Crippen LogP contribution in [-0.4, -0.2) is 62.4 Å². The molecule has 2 saturated heterocycles. The van der Waals surface area contributed by atoms with Crippen LogP contribution in [0, 0.1) is 0 Å². The molecule has 18 heavy (non-hydrogen) atoms. The number of likely N-dealkylation sites (N-methyl/N-ethyl adjacent to an activating group) is 1. The predicted molar refractivity (Wildman–Crippen MR) is 71.1 cm³/mol. The Balaban J connectivity index is 0.00000162. The molecule has 3 atom stereocenters. The summed E-state index contributed by atoms with van der Waals surface area (Å²) in [6, 6.07) is -0.213. The highest BCUT2D eigenvalue weighted by molar-refractivity contribution is 5.85. The first kappa shape index (κ1) is 15.7. The molecular weight excluding hydrogens is 256 g/mol. The topological polar surface area (TPSA) is 50.8 Å². The van der Waals surface area contributed by atoms with Gasteiger partial charge in [0.2, 0.25) is 5.91 Å². The highest BCUT2D eigenvalue weighted by Crippen LogP contribution is 2.14. The summed E-state index contributed by atoms with van der Waals surface area (Å²) in [4.78, 5) is 14.0. The fourth-order valence-corrected chi connectivity index (χ4v) is 2.43. The van der Waals surface area contributed by atoms with Crippen molar-refractivity contribution in [3.05, 3.63) is 0 Å². The summed E-state index contributed by atoms with van der Waals surface area (Å²) >= 11 is 0. The molecule has 0 aliphatic carbocycles. The van der Waals surface area contributed by atoms with Crippen molar-refractivity contribution in [2.24, 2.45) is 0 Å². The second-order valence-corrected chi connectivity index (χ2v) is 4.86. The maximum atomic E-state index is 12.2. The van der Waals surface area contributed by atoms with Gasteiger partial charge in [-0.3, -0.25) is 4.79 Å². The first-order valence-electron chi connectivity index (χ1n) is 6.40. The molecule has 2 aliphatic rings. The minimum atomic E-state index is -0.213. The van der Waals surface area contributed by atoms with E-state index in [9.17, 15) is 4.79 Å². The Morgan fingerprint density at radius 1 is 1.39 bits per heavy atom. The van der Waals surface area contributed by atoms with Crippen LogP contribution in [0.1, 0.15) is 19.8 Å². The maximum Gasteiger partial charge on any atom is 0.242 e. The molecule has 5 nitrogen and oxygen atoms in total. The smallest absolute Gasteiger partial charge is 0.242 e. The van der Waals surface area contributed by atoms with Crippen LogP contribution >= 0.6 is 12.4 Å². The van der Waals surface area contributed by atoms with Gasteiger partial charge in [0.15, 0.2) is 0 Å². The van der Waals surface area contributed by atoms with E-state index in [4.69, 9.17) is 9.47 Å². The van der Waals surface area contributed by atoms with Gasteiger partial charge in [0.05, 0.1) is 18.8 Å². The standard InChI is InChI=1S/C12H22N2O3.ClH/c1-9-11(13-5-7-16-9)12(15)14(2)8-10-4-3-6-17-10;/h9-11,13H,3-8H2,1-2H3;1H/t9-,10?,11+;/m1./s1. The van der Waals surface area contributed by atoms with E-state index in [0.29, 0.717) is 13.2 Å². The monoisotopic (exact) mass is 278 g/mol. The number of nitrogens with zero attached hydrogens (tertiary/aromatic N) is 1. The van der Waals surface area contributed by atoms with E-state index in [1.807, 2.05) is 14.0 Å². The zero-order chi connectivity index (χ0) is 12.3. The highest BCUT2D eigenvalue weighted by Gasteiger charge is 2.31. The van der Waals surface area contributed by atoms with Crippen molar-refractivity contribution >= 4 is 18.3 Å². The lowest BCUT2D eigenvalue weighted by Gasteiger charge is -2.33. The largest absolute Gasteiger partial charge is 0.376 e.